The van der Waals surface area contributed by atoms with Gasteiger partial charge in [0, 0.05) is 5.56 Å². The van der Waals surface area contributed by atoms with Crippen molar-refractivity contribution >= 4 is 11.6 Å². The minimum absolute atomic E-state index is 0.0711. The molecule has 0 aliphatic heterocycles. The lowest BCUT2D eigenvalue weighted by Gasteiger charge is -1.96. The molecule has 72 valence electrons. The maximum atomic E-state index is 12.9. The van der Waals surface area contributed by atoms with E-state index in [1.54, 1.807) is 19.1 Å². The Labute approximate surface area is 85.3 Å². The van der Waals surface area contributed by atoms with Crippen LogP contribution >= 0.6 is 11.6 Å². The zero-order valence-corrected chi connectivity index (χ0v) is 8.18. The first-order chi connectivity index (χ1) is 6.66. The Hall–Kier alpha value is -1.35. The highest BCUT2D eigenvalue weighted by Gasteiger charge is 2.10. The smallest absolute Gasteiger partial charge is 0.292 e. The average molecular weight is 212 g/mol. The van der Waals surface area contributed by atoms with E-state index in [9.17, 15) is 4.39 Å². The second kappa shape index (κ2) is 3.42. The highest BCUT2D eigenvalue weighted by atomic mass is 35.5. The fraction of sp³-hybridized carbons (Fsp3) is 0.100. The monoisotopic (exact) mass is 211 g/mol. The van der Waals surface area contributed by atoms with Crippen molar-refractivity contribution in [2.75, 3.05) is 0 Å². The van der Waals surface area contributed by atoms with Crippen LogP contribution in [0.1, 0.15) is 5.76 Å². The van der Waals surface area contributed by atoms with E-state index in [-0.39, 0.29) is 11.2 Å². The van der Waals surface area contributed by atoms with Gasteiger partial charge in [-0.3, -0.25) is 0 Å². The minimum atomic E-state index is -0.305. The van der Waals surface area contributed by atoms with Crippen molar-refractivity contribution in [2.45, 2.75) is 6.92 Å². The molecule has 14 heavy (non-hydrogen) atoms. The molecule has 0 aliphatic carbocycles. The summed E-state index contributed by atoms with van der Waals surface area (Å²) >= 11 is 5.58. The van der Waals surface area contributed by atoms with Gasteiger partial charge in [-0.2, -0.15) is 4.98 Å². The van der Waals surface area contributed by atoms with Gasteiger partial charge in [-0.15, -0.1) is 0 Å². The van der Waals surface area contributed by atoms with Gasteiger partial charge in [0.1, 0.15) is 17.3 Å². The number of oxazole rings is 1. The van der Waals surface area contributed by atoms with Gasteiger partial charge in [-0.25, -0.2) is 4.39 Å². The van der Waals surface area contributed by atoms with Crippen molar-refractivity contribution in [1.29, 1.82) is 0 Å². The quantitative estimate of drug-likeness (QED) is 0.722. The summed E-state index contributed by atoms with van der Waals surface area (Å²) in [6, 6.07) is 6.14. The van der Waals surface area contributed by atoms with Crippen LogP contribution in [0.4, 0.5) is 4.39 Å². The number of rotatable bonds is 1. The first-order valence-corrected chi connectivity index (χ1v) is 4.43. The van der Waals surface area contributed by atoms with Gasteiger partial charge >= 0.3 is 0 Å². The molecular weight excluding hydrogens is 205 g/mol. The van der Waals surface area contributed by atoms with Gasteiger partial charge in [0.15, 0.2) is 0 Å². The van der Waals surface area contributed by atoms with E-state index in [0.29, 0.717) is 17.0 Å². The maximum absolute atomic E-state index is 12.9. The number of hydrogen-bond acceptors (Lipinski definition) is 2. The average Bonchev–Trinajstić information content (AvgIpc) is 2.45. The molecule has 1 aromatic heterocycles. The van der Waals surface area contributed by atoms with E-state index in [0.717, 1.165) is 0 Å². The van der Waals surface area contributed by atoms with Crippen LogP contribution in [0.2, 0.25) is 5.35 Å². The molecule has 0 unspecified atom stereocenters. The maximum Gasteiger partial charge on any atom is 0.292 e. The first kappa shape index (κ1) is 9.21. The van der Waals surface area contributed by atoms with Crippen LogP contribution in [0.5, 0.6) is 0 Å². The molecule has 0 fully saturated rings. The summed E-state index contributed by atoms with van der Waals surface area (Å²) in [6.07, 6.45) is 0. The topological polar surface area (TPSA) is 26.0 Å². The summed E-state index contributed by atoms with van der Waals surface area (Å²) in [5.41, 5.74) is 1.24. The largest absolute Gasteiger partial charge is 0.432 e. The van der Waals surface area contributed by atoms with Gasteiger partial charge in [0.05, 0.1) is 0 Å². The summed E-state index contributed by atoms with van der Waals surface area (Å²) in [4.78, 5) is 3.95. The Morgan fingerprint density at radius 1 is 1.43 bits per heavy atom. The third-order valence-corrected chi connectivity index (χ3v) is 2.03. The Bertz CT molecular complexity index is 467. The summed E-state index contributed by atoms with van der Waals surface area (Å²) in [5, 5.41) is 0.0711. The second-order valence-electron chi connectivity index (χ2n) is 2.88. The van der Waals surface area contributed by atoms with Crippen LogP contribution in [0, 0.1) is 12.7 Å². The molecule has 0 aliphatic rings. The molecule has 2 rings (SSSR count). The molecule has 0 saturated carbocycles. The predicted molar refractivity (Wildman–Crippen MR) is 51.6 cm³/mol. The lowest BCUT2D eigenvalue weighted by molar-refractivity contribution is 0.530. The number of halogens is 2. The molecule has 0 bridgehead atoms. The lowest BCUT2D eigenvalue weighted by Crippen LogP contribution is -1.81. The number of hydrogen-bond donors (Lipinski definition) is 0. The molecule has 0 N–H and O–H groups in total. The SMILES string of the molecule is Cc1oc(Cl)nc1-c1cccc(F)c1. The standard InChI is InChI=1S/C10H7ClFNO/c1-6-9(13-10(11)14-6)7-3-2-4-8(12)5-7/h2-5H,1H3. The predicted octanol–water partition coefficient (Wildman–Crippen LogP) is 3.44. The number of aromatic nitrogens is 1. The number of nitrogens with zero attached hydrogens (tertiary/aromatic N) is 1. The summed E-state index contributed by atoms with van der Waals surface area (Å²) in [7, 11) is 0. The first-order valence-electron chi connectivity index (χ1n) is 4.05. The molecule has 0 radical (unpaired) electrons. The highest BCUT2D eigenvalue weighted by Crippen LogP contribution is 2.25. The fourth-order valence-corrected chi connectivity index (χ4v) is 1.47. The van der Waals surface area contributed by atoms with Crippen LogP contribution in [-0.4, -0.2) is 4.98 Å². The van der Waals surface area contributed by atoms with Gasteiger partial charge < -0.3 is 4.42 Å². The van der Waals surface area contributed by atoms with E-state index in [2.05, 4.69) is 4.98 Å². The normalized spacial score (nSPS) is 10.5. The van der Waals surface area contributed by atoms with Gasteiger partial charge in [-0.05, 0) is 30.7 Å². The van der Waals surface area contributed by atoms with Crippen LogP contribution in [0.25, 0.3) is 11.3 Å². The van der Waals surface area contributed by atoms with Gasteiger partial charge in [0.2, 0.25) is 0 Å². The van der Waals surface area contributed by atoms with E-state index >= 15 is 0 Å². The second-order valence-corrected chi connectivity index (χ2v) is 3.21. The molecule has 0 amide bonds. The Balaban J connectivity index is 2.54. The lowest BCUT2D eigenvalue weighted by atomic mass is 10.1. The third kappa shape index (κ3) is 1.63. The van der Waals surface area contributed by atoms with Gasteiger partial charge in [-0.1, -0.05) is 12.1 Å². The summed E-state index contributed by atoms with van der Waals surface area (Å²) in [6.45, 7) is 1.74. The number of aryl methyl sites for hydroxylation is 1. The molecule has 4 heteroatoms. The summed E-state index contributed by atoms with van der Waals surface area (Å²) in [5.74, 6) is 0.279. The number of benzene rings is 1. The third-order valence-electron chi connectivity index (χ3n) is 1.87. The van der Waals surface area contributed by atoms with Crippen LogP contribution < -0.4 is 0 Å². The summed E-state index contributed by atoms with van der Waals surface area (Å²) < 4.78 is 17.9. The Morgan fingerprint density at radius 2 is 2.21 bits per heavy atom. The molecular formula is C10H7ClFNO. The Kier molecular flexibility index (Phi) is 2.25. The molecule has 0 spiro atoms. The van der Waals surface area contributed by atoms with E-state index in [4.69, 9.17) is 16.0 Å². The highest BCUT2D eigenvalue weighted by molar-refractivity contribution is 6.27. The zero-order valence-electron chi connectivity index (χ0n) is 7.42. The van der Waals surface area contributed by atoms with Crippen molar-refractivity contribution < 1.29 is 8.81 Å². The van der Waals surface area contributed by atoms with Crippen molar-refractivity contribution in [3.05, 3.63) is 41.2 Å². The molecule has 2 nitrogen and oxygen atoms in total. The van der Waals surface area contributed by atoms with Crippen LogP contribution in [-0.2, 0) is 0 Å². The zero-order chi connectivity index (χ0) is 10.1. The van der Waals surface area contributed by atoms with E-state index in [1.807, 2.05) is 0 Å². The molecule has 2 aromatic rings. The van der Waals surface area contributed by atoms with Crippen molar-refractivity contribution in [2.24, 2.45) is 0 Å². The van der Waals surface area contributed by atoms with Crippen molar-refractivity contribution in [3.63, 3.8) is 0 Å². The molecule has 1 heterocycles. The van der Waals surface area contributed by atoms with Crippen LogP contribution in [0.15, 0.2) is 28.7 Å². The molecule has 0 atom stereocenters. The Morgan fingerprint density at radius 3 is 2.79 bits per heavy atom. The fourth-order valence-electron chi connectivity index (χ4n) is 1.27. The van der Waals surface area contributed by atoms with Crippen molar-refractivity contribution in [3.8, 4) is 11.3 Å². The molecule has 0 saturated heterocycles. The van der Waals surface area contributed by atoms with E-state index in [1.165, 1.54) is 12.1 Å². The van der Waals surface area contributed by atoms with Gasteiger partial charge in [0.25, 0.3) is 5.35 Å². The molecule has 1 aromatic carbocycles. The van der Waals surface area contributed by atoms with E-state index < -0.39 is 0 Å². The minimum Gasteiger partial charge on any atom is -0.432 e. The van der Waals surface area contributed by atoms with Crippen molar-refractivity contribution in [1.82, 2.24) is 4.98 Å². The van der Waals surface area contributed by atoms with Crippen LogP contribution in [0.3, 0.4) is 0 Å².